The number of azo groups is 1. The smallest absolute Gasteiger partial charge is 0.378 e. The highest BCUT2D eigenvalue weighted by molar-refractivity contribution is 5.44. The van der Waals surface area contributed by atoms with Crippen LogP contribution in [0.2, 0.25) is 0 Å². The molecule has 0 unspecified atom stereocenters. The van der Waals surface area contributed by atoms with Gasteiger partial charge in [-0.05, 0) is 19.9 Å². The van der Waals surface area contributed by atoms with Crippen molar-refractivity contribution in [3.05, 3.63) is 75.3 Å². The van der Waals surface area contributed by atoms with Crippen LogP contribution in [0.3, 0.4) is 0 Å². The average Bonchev–Trinajstić information content (AvgIpc) is 2.94. The molecule has 4 rings (SSSR count). The number of ether oxygens (including phenoxy) is 1. The highest BCUT2D eigenvalue weighted by atomic mass is 16.6. The van der Waals surface area contributed by atoms with Crippen LogP contribution < -0.4 is 4.74 Å². The first-order valence-corrected chi connectivity index (χ1v) is 7.92. The third-order valence-corrected chi connectivity index (χ3v) is 4.90. The van der Waals surface area contributed by atoms with Crippen LogP contribution in [0.1, 0.15) is 35.6 Å². The third-order valence-electron chi connectivity index (χ3n) is 4.90. The molecule has 0 saturated heterocycles. The second-order valence-electron chi connectivity index (χ2n) is 6.42. The fourth-order valence-electron chi connectivity index (χ4n) is 3.73. The Labute approximate surface area is 139 Å². The number of para-hydroxylation sites is 1. The molecular weight excluding hydrogens is 306 g/mol. The summed E-state index contributed by atoms with van der Waals surface area (Å²) in [7, 11) is 0. The van der Waals surface area contributed by atoms with Crippen molar-refractivity contribution < 1.29 is 9.66 Å². The lowest BCUT2D eigenvalue weighted by Gasteiger charge is -2.38. The molecule has 6 nitrogen and oxygen atoms in total. The van der Waals surface area contributed by atoms with Gasteiger partial charge in [0.15, 0.2) is 0 Å². The summed E-state index contributed by atoms with van der Waals surface area (Å²) in [5, 5.41) is 20.5. The zero-order valence-electron chi connectivity index (χ0n) is 13.4. The number of rotatable bonds is 2. The normalized spacial score (nSPS) is 30.3. The molecule has 0 bridgehead atoms. The summed E-state index contributed by atoms with van der Waals surface area (Å²) in [4.78, 5) is 11.8. The Balaban J connectivity index is 1.94. The second-order valence-corrected chi connectivity index (χ2v) is 6.42. The van der Waals surface area contributed by atoms with Gasteiger partial charge in [-0.15, -0.1) is 5.11 Å². The van der Waals surface area contributed by atoms with Crippen molar-refractivity contribution in [2.24, 2.45) is 10.2 Å². The first-order chi connectivity index (χ1) is 11.5. The van der Waals surface area contributed by atoms with E-state index in [1.165, 1.54) is 0 Å². The Morgan fingerprint density at radius 1 is 1.17 bits per heavy atom. The number of aryl methyl sites for hydroxylation is 1. The van der Waals surface area contributed by atoms with Gasteiger partial charge in [0.1, 0.15) is 11.7 Å². The van der Waals surface area contributed by atoms with E-state index < -0.39 is 17.7 Å². The highest BCUT2D eigenvalue weighted by Crippen LogP contribution is 2.55. The zero-order chi connectivity index (χ0) is 16.9. The van der Waals surface area contributed by atoms with E-state index in [-0.39, 0.29) is 11.0 Å². The summed E-state index contributed by atoms with van der Waals surface area (Å²) in [6.45, 7) is 3.85. The standard InChI is InChI=1S/C18H17N3O3/c1-11-7-9-13(10-8-11)17-18(21(22)23)16(12(2)19-20-18)14-5-3-4-6-15(14)24-17/h3-10,12,16-17H,1-2H3/t12-,16-,17+,18+/m1/s1. The Morgan fingerprint density at radius 2 is 1.88 bits per heavy atom. The first kappa shape index (κ1) is 14.8. The monoisotopic (exact) mass is 323 g/mol. The van der Waals surface area contributed by atoms with Crippen molar-refractivity contribution in [3.63, 3.8) is 0 Å². The van der Waals surface area contributed by atoms with Crippen molar-refractivity contribution in [2.45, 2.75) is 37.6 Å². The van der Waals surface area contributed by atoms with E-state index >= 15 is 0 Å². The van der Waals surface area contributed by atoms with Crippen LogP contribution in [0.25, 0.3) is 0 Å². The van der Waals surface area contributed by atoms with E-state index in [1.54, 1.807) is 0 Å². The van der Waals surface area contributed by atoms with E-state index in [4.69, 9.17) is 4.74 Å². The predicted molar refractivity (Wildman–Crippen MR) is 87.8 cm³/mol. The molecule has 0 amide bonds. The molecule has 0 aromatic heterocycles. The van der Waals surface area contributed by atoms with Gasteiger partial charge in [-0.25, -0.2) is 0 Å². The van der Waals surface area contributed by atoms with Crippen LogP contribution in [-0.4, -0.2) is 16.6 Å². The van der Waals surface area contributed by atoms with Gasteiger partial charge < -0.3 is 4.74 Å². The van der Waals surface area contributed by atoms with Gasteiger partial charge in [0, 0.05) is 11.1 Å². The Hall–Kier alpha value is -2.76. The van der Waals surface area contributed by atoms with Crippen molar-refractivity contribution in [1.82, 2.24) is 0 Å². The maximum atomic E-state index is 12.1. The molecule has 2 aromatic carbocycles. The van der Waals surface area contributed by atoms with Gasteiger partial charge in [0.05, 0.1) is 11.0 Å². The van der Waals surface area contributed by atoms with Gasteiger partial charge >= 0.3 is 5.66 Å². The molecule has 0 fully saturated rings. The molecule has 2 aliphatic heterocycles. The highest BCUT2D eigenvalue weighted by Gasteiger charge is 2.67. The quantitative estimate of drug-likeness (QED) is 0.618. The summed E-state index contributed by atoms with van der Waals surface area (Å²) in [6, 6.07) is 14.8. The average molecular weight is 323 g/mol. The fourth-order valence-corrected chi connectivity index (χ4v) is 3.73. The van der Waals surface area contributed by atoms with Gasteiger partial charge in [-0.1, -0.05) is 48.0 Å². The molecule has 2 aromatic rings. The predicted octanol–water partition coefficient (Wildman–Crippen LogP) is 4.04. The lowest BCUT2D eigenvalue weighted by atomic mass is 9.75. The Bertz CT molecular complexity index is 834. The van der Waals surface area contributed by atoms with Gasteiger partial charge in [-0.2, -0.15) is 5.11 Å². The van der Waals surface area contributed by atoms with Gasteiger partial charge in [-0.3, -0.25) is 10.1 Å². The van der Waals surface area contributed by atoms with Gasteiger partial charge in [0.25, 0.3) is 0 Å². The molecule has 122 valence electrons. The number of hydrogen-bond donors (Lipinski definition) is 0. The maximum absolute atomic E-state index is 12.1. The van der Waals surface area contributed by atoms with E-state index in [0.29, 0.717) is 5.75 Å². The molecule has 4 atom stereocenters. The molecular formula is C18H17N3O3. The van der Waals surface area contributed by atoms with Crippen LogP contribution in [0, 0.1) is 17.0 Å². The van der Waals surface area contributed by atoms with Crippen LogP contribution in [-0.2, 0) is 0 Å². The van der Waals surface area contributed by atoms with Crippen LogP contribution in [0.15, 0.2) is 58.8 Å². The van der Waals surface area contributed by atoms with Crippen LogP contribution >= 0.6 is 0 Å². The summed E-state index contributed by atoms with van der Waals surface area (Å²) >= 11 is 0. The summed E-state index contributed by atoms with van der Waals surface area (Å²) in [5.41, 5.74) is 1.01. The first-order valence-electron chi connectivity index (χ1n) is 7.92. The number of nitro groups is 1. The lowest BCUT2D eigenvalue weighted by molar-refractivity contribution is -0.586. The number of hydrogen-bond acceptors (Lipinski definition) is 5. The topological polar surface area (TPSA) is 77.1 Å². The second kappa shape index (κ2) is 5.12. The molecule has 2 heterocycles. The SMILES string of the molecule is Cc1ccc([C@@H]2Oc3ccccc3[C@H]3[C@@H](C)N=N[C@@]23[N+](=O)[O-])cc1. The number of nitrogens with zero attached hydrogens (tertiary/aromatic N) is 3. The van der Waals surface area contributed by atoms with Crippen molar-refractivity contribution in [1.29, 1.82) is 0 Å². The van der Waals surface area contributed by atoms with E-state index in [0.717, 1.165) is 16.7 Å². The Kier molecular flexibility index (Phi) is 3.16. The van der Waals surface area contributed by atoms with E-state index in [2.05, 4.69) is 10.2 Å². The van der Waals surface area contributed by atoms with Crippen LogP contribution in [0.4, 0.5) is 0 Å². The number of benzene rings is 2. The summed E-state index contributed by atoms with van der Waals surface area (Å²) in [6.07, 6.45) is -0.804. The summed E-state index contributed by atoms with van der Waals surface area (Å²) in [5.74, 6) is 0.230. The van der Waals surface area contributed by atoms with Gasteiger partial charge in [0.2, 0.25) is 6.10 Å². The molecule has 0 spiro atoms. The molecule has 0 radical (unpaired) electrons. The van der Waals surface area contributed by atoms with E-state index in [1.807, 2.05) is 62.4 Å². The molecule has 0 aliphatic carbocycles. The lowest BCUT2D eigenvalue weighted by Crippen LogP contribution is -2.52. The molecule has 0 saturated carbocycles. The number of fused-ring (bicyclic) bond motifs is 3. The van der Waals surface area contributed by atoms with Crippen molar-refractivity contribution >= 4 is 0 Å². The van der Waals surface area contributed by atoms with Crippen molar-refractivity contribution in [3.8, 4) is 5.75 Å². The molecule has 0 N–H and O–H groups in total. The minimum absolute atomic E-state index is 0.270. The minimum Gasteiger partial charge on any atom is -0.475 e. The maximum Gasteiger partial charge on any atom is 0.378 e. The van der Waals surface area contributed by atoms with Crippen LogP contribution in [0.5, 0.6) is 5.75 Å². The fraction of sp³-hybridized carbons (Fsp3) is 0.333. The summed E-state index contributed by atoms with van der Waals surface area (Å²) < 4.78 is 6.09. The third kappa shape index (κ3) is 1.89. The minimum atomic E-state index is -1.62. The van der Waals surface area contributed by atoms with Crippen molar-refractivity contribution in [2.75, 3.05) is 0 Å². The molecule has 6 heteroatoms. The molecule has 24 heavy (non-hydrogen) atoms. The van der Waals surface area contributed by atoms with E-state index in [9.17, 15) is 10.1 Å². The zero-order valence-corrected chi connectivity index (χ0v) is 13.4. The Morgan fingerprint density at radius 3 is 2.58 bits per heavy atom. The molecule has 2 aliphatic rings. The largest absolute Gasteiger partial charge is 0.475 e.